The summed E-state index contributed by atoms with van der Waals surface area (Å²) in [5, 5.41) is 0. The Morgan fingerprint density at radius 1 is 1.21 bits per heavy atom. The van der Waals surface area contributed by atoms with Gasteiger partial charge in [0.15, 0.2) is 0 Å². The van der Waals surface area contributed by atoms with Crippen LogP contribution in [0, 0.1) is 0 Å². The van der Waals surface area contributed by atoms with Gasteiger partial charge in [0.1, 0.15) is 0 Å². The number of ether oxygens (including phenoxy) is 2. The molecule has 0 aromatic carbocycles. The van der Waals surface area contributed by atoms with E-state index < -0.39 is 0 Å². The molecule has 4 heteroatoms. The highest BCUT2D eigenvalue weighted by atomic mass is 16.5. The molecule has 2 heterocycles. The SMILES string of the molecule is COC1CCN(C2(CN)CC(C)(C)OC2(C)C)CC1. The van der Waals surface area contributed by atoms with E-state index in [1.165, 1.54) is 0 Å². The quantitative estimate of drug-likeness (QED) is 0.849. The first-order valence-corrected chi connectivity index (χ1v) is 7.44. The van der Waals surface area contributed by atoms with E-state index >= 15 is 0 Å². The van der Waals surface area contributed by atoms with Gasteiger partial charge in [-0.05, 0) is 47.0 Å². The molecule has 2 N–H and O–H groups in total. The van der Waals surface area contributed by atoms with Crippen LogP contribution >= 0.6 is 0 Å². The lowest BCUT2D eigenvalue weighted by atomic mass is 9.76. The van der Waals surface area contributed by atoms with Crippen LogP contribution in [0.5, 0.6) is 0 Å². The van der Waals surface area contributed by atoms with E-state index in [4.69, 9.17) is 15.2 Å². The molecule has 2 saturated heterocycles. The van der Waals surface area contributed by atoms with Gasteiger partial charge in [-0.1, -0.05) is 0 Å². The molecule has 0 radical (unpaired) electrons. The lowest BCUT2D eigenvalue weighted by molar-refractivity contribution is -0.112. The smallest absolute Gasteiger partial charge is 0.0830 e. The molecule has 0 aromatic rings. The van der Waals surface area contributed by atoms with E-state index in [0.717, 1.165) is 32.4 Å². The van der Waals surface area contributed by atoms with Gasteiger partial charge in [-0.15, -0.1) is 0 Å². The first kappa shape index (κ1) is 15.2. The maximum Gasteiger partial charge on any atom is 0.0830 e. The van der Waals surface area contributed by atoms with Crippen LogP contribution in [-0.4, -0.2) is 54.5 Å². The number of likely N-dealkylation sites (tertiary alicyclic amines) is 1. The van der Waals surface area contributed by atoms with Gasteiger partial charge in [0.25, 0.3) is 0 Å². The summed E-state index contributed by atoms with van der Waals surface area (Å²) in [6.45, 7) is 11.5. The van der Waals surface area contributed by atoms with E-state index in [1.807, 2.05) is 7.11 Å². The van der Waals surface area contributed by atoms with E-state index in [9.17, 15) is 0 Å². The molecule has 1 atom stereocenters. The Kier molecular flexibility index (Phi) is 4.00. The van der Waals surface area contributed by atoms with Crippen LogP contribution in [0.4, 0.5) is 0 Å². The molecule has 0 bridgehead atoms. The van der Waals surface area contributed by atoms with E-state index in [2.05, 4.69) is 32.6 Å². The summed E-state index contributed by atoms with van der Waals surface area (Å²) in [5.74, 6) is 0. The fourth-order valence-electron chi connectivity index (χ4n) is 4.20. The van der Waals surface area contributed by atoms with Crippen molar-refractivity contribution in [2.45, 2.75) is 69.8 Å². The molecular weight excluding hydrogens is 240 g/mol. The minimum atomic E-state index is -0.203. The molecule has 0 saturated carbocycles. The average Bonchev–Trinajstić information content (AvgIpc) is 2.54. The third kappa shape index (κ3) is 2.56. The molecule has 2 fully saturated rings. The van der Waals surface area contributed by atoms with Gasteiger partial charge in [0.05, 0.1) is 22.8 Å². The van der Waals surface area contributed by atoms with E-state index in [-0.39, 0.29) is 16.7 Å². The zero-order valence-corrected chi connectivity index (χ0v) is 13.2. The molecular formula is C15H30N2O2. The van der Waals surface area contributed by atoms with Gasteiger partial charge in [0, 0.05) is 26.7 Å². The molecule has 2 aliphatic rings. The van der Waals surface area contributed by atoms with Crippen molar-refractivity contribution in [3.05, 3.63) is 0 Å². The Balaban J connectivity index is 2.19. The normalized spacial score (nSPS) is 35.7. The fraction of sp³-hybridized carbons (Fsp3) is 1.00. The summed E-state index contributed by atoms with van der Waals surface area (Å²) in [7, 11) is 1.81. The molecule has 2 aliphatic heterocycles. The van der Waals surface area contributed by atoms with Crippen molar-refractivity contribution in [2.24, 2.45) is 5.73 Å². The molecule has 112 valence electrons. The Bertz CT molecular complexity index is 322. The molecule has 19 heavy (non-hydrogen) atoms. The maximum atomic E-state index is 6.30. The number of rotatable bonds is 3. The zero-order chi connectivity index (χ0) is 14.3. The first-order chi connectivity index (χ1) is 8.76. The minimum absolute atomic E-state index is 0.0464. The molecule has 0 amide bonds. The van der Waals surface area contributed by atoms with Crippen LogP contribution in [0.15, 0.2) is 0 Å². The van der Waals surface area contributed by atoms with E-state index in [1.54, 1.807) is 0 Å². The predicted octanol–water partition coefficient (Wildman–Crippen LogP) is 1.77. The zero-order valence-electron chi connectivity index (χ0n) is 13.2. The second kappa shape index (κ2) is 4.99. The van der Waals surface area contributed by atoms with Crippen molar-refractivity contribution in [1.82, 2.24) is 4.90 Å². The van der Waals surface area contributed by atoms with Crippen molar-refractivity contribution in [1.29, 1.82) is 0 Å². The Morgan fingerprint density at radius 3 is 2.16 bits per heavy atom. The van der Waals surface area contributed by atoms with Gasteiger partial charge < -0.3 is 15.2 Å². The second-order valence-corrected chi connectivity index (χ2v) is 7.21. The average molecular weight is 270 g/mol. The lowest BCUT2D eigenvalue weighted by Gasteiger charge is -2.50. The van der Waals surface area contributed by atoms with Crippen LogP contribution in [0.1, 0.15) is 47.0 Å². The van der Waals surface area contributed by atoms with Gasteiger partial charge >= 0.3 is 0 Å². The first-order valence-electron chi connectivity index (χ1n) is 7.44. The third-order valence-corrected chi connectivity index (χ3v) is 5.09. The summed E-state index contributed by atoms with van der Waals surface area (Å²) in [4.78, 5) is 2.55. The molecule has 0 aromatic heterocycles. The lowest BCUT2D eigenvalue weighted by Crippen LogP contribution is -2.65. The van der Waals surface area contributed by atoms with Gasteiger partial charge in [0.2, 0.25) is 0 Å². The number of hydrogen-bond acceptors (Lipinski definition) is 4. The Hall–Kier alpha value is -0.160. The largest absolute Gasteiger partial charge is 0.381 e. The van der Waals surface area contributed by atoms with Crippen LogP contribution in [-0.2, 0) is 9.47 Å². The van der Waals surface area contributed by atoms with Gasteiger partial charge in [-0.2, -0.15) is 0 Å². The number of methoxy groups -OCH3 is 1. The van der Waals surface area contributed by atoms with Crippen molar-refractivity contribution in [2.75, 3.05) is 26.7 Å². The van der Waals surface area contributed by atoms with Crippen molar-refractivity contribution in [3.8, 4) is 0 Å². The van der Waals surface area contributed by atoms with Crippen molar-refractivity contribution < 1.29 is 9.47 Å². The molecule has 2 rings (SSSR count). The predicted molar refractivity (Wildman–Crippen MR) is 77.2 cm³/mol. The van der Waals surface area contributed by atoms with Crippen LogP contribution in [0.2, 0.25) is 0 Å². The Morgan fingerprint density at radius 2 is 1.79 bits per heavy atom. The van der Waals surface area contributed by atoms with Crippen LogP contribution in [0.3, 0.4) is 0 Å². The fourth-order valence-corrected chi connectivity index (χ4v) is 4.20. The summed E-state index contributed by atoms with van der Waals surface area (Å²) < 4.78 is 11.8. The third-order valence-electron chi connectivity index (χ3n) is 5.09. The molecule has 0 aliphatic carbocycles. The Labute approximate surface area is 117 Å². The van der Waals surface area contributed by atoms with Crippen molar-refractivity contribution >= 4 is 0 Å². The second-order valence-electron chi connectivity index (χ2n) is 7.21. The highest BCUT2D eigenvalue weighted by Gasteiger charge is 2.59. The van der Waals surface area contributed by atoms with Crippen LogP contribution < -0.4 is 5.73 Å². The van der Waals surface area contributed by atoms with Gasteiger partial charge in [-0.3, -0.25) is 4.90 Å². The topological polar surface area (TPSA) is 47.7 Å². The van der Waals surface area contributed by atoms with Gasteiger partial charge in [-0.25, -0.2) is 0 Å². The van der Waals surface area contributed by atoms with Crippen molar-refractivity contribution in [3.63, 3.8) is 0 Å². The standard InChI is InChI=1S/C15H30N2O2/c1-13(2)10-15(11-16,14(3,4)19-13)17-8-6-12(18-5)7-9-17/h12H,6-11,16H2,1-5H3. The van der Waals surface area contributed by atoms with E-state index in [0.29, 0.717) is 12.6 Å². The number of nitrogens with zero attached hydrogens (tertiary/aromatic N) is 1. The summed E-state index contributed by atoms with van der Waals surface area (Å²) >= 11 is 0. The highest BCUT2D eigenvalue weighted by Crippen LogP contribution is 2.48. The number of nitrogens with two attached hydrogens (primary N) is 1. The molecule has 0 spiro atoms. The monoisotopic (exact) mass is 270 g/mol. The highest BCUT2D eigenvalue weighted by molar-refractivity contribution is 5.13. The summed E-state index contributed by atoms with van der Waals surface area (Å²) in [6, 6.07) is 0. The maximum absolute atomic E-state index is 6.30. The minimum Gasteiger partial charge on any atom is -0.381 e. The number of piperidine rings is 1. The van der Waals surface area contributed by atoms with Crippen LogP contribution in [0.25, 0.3) is 0 Å². The number of hydrogen-bond donors (Lipinski definition) is 1. The molecule has 4 nitrogen and oxygen atoms in total. The summed E-state index contributed by atoms with van der Waals surface area (Å²) in [5.41, 5.74) is 5.86. The molecule has 1 unspecified atom stereocenters. The summed E-state index contributed by atoms with van der Waals surface area (Å²) in [6.07, 6.45) is 3.59.